The van der Waals surface area contributed by atoms with Crippen molar-refractivity contribution in [3.63, 3.8) is 0 Å². The van der Waals surface area contributed by atoms with Crippen molar-refractivity contribution < 1.29 is 0 Å². The summed E-state index contributed by atoms with van der Waals surface area (Å²) in [7, 11) is 0. The molecule has 1 N–H and O–H groups in total. The number of hydrogen-bond acceptors (Lipinski definition) is 1. The molecule has 1 heterocycles. The molecule has 0 spiro atoms. The zero-order valence-electron chi connectivity index (χ0n) is 26.4. The number of aliphatic imine (C=N–C) groups is 1. The Hall–Kier alpha value is -2.87. The molecule has 2 aliphatic rings. The number of allylic oxidation sites excluding steroid dienone is 2. The molecule has 2 nitrogen and oxygen atoms in total. The summed E-state index contributed by atoms with van der Waals surface area (Å²) >= 11 is 0. The van der Waals surface area contributed by atoms with Crippen molar-refractivity contribution in [3.8, 4) is 0 Å². The summed E-state index contributed by atoms with van der Waals surface area (Å²) < 4.78 is 0. The number of aromatic nitrogens is 1. The molecule has 0 saturated heterocycles. The second-order valence-electron chi connectivity index (χ2n) is 11.7. The van der Waals surface area contributed by atoms with Gasteiger partial charge in [-0.05, 0) is 101 Å². The Labute approximate surface area is 239 Å². The minimum atomic E-state index is 0.852. The predicted molar refractivity (Wildman–Crippen MR) is 175 cm³/mol. The van der Waals surface area contributed by atoms with Gasteiger partial charge in [-0.2, -0.15) is 0 Å². The topological polar surface area (TPSA) is 28.1 Å². The molecular formula is C37H54N2. The molecule has 0 radical (unpaired) electrons. The Kier molecular flexibility index (Phi) is 13.0. The van der Waals surface area contributed by atoms with Crippen LogP contribution in [0.1, 0.15) is 102 Å². The molecule has 5 rings (SSSR count). The Morgan fingerprint density at radius 1 is 0.897 bits per heavy atom. The summed E-state index contributed by atoms with van der Waals surface area (Å²) in [4.78, 5) is 7.83. The molecule has 2 atom stereocenters. The second-order valence-corrected chi connectivity index (χ2v) is 11.7. The van der Waals surface area contributed by atoms with E-state index in [2.05, 4.69) is 114 Å². The molecule has 1 aromatic heterocycles. The number of benzene rings is 2. The van der Waals surface area contributed by atoms with Crippen molar-refractivity contribution in [3.05, 3.63) is 95.0 Å². The van der Waals surface area contributed by atoms with E-state index in [1.54, 1.807) is 0 Å². The highest BCUT2D eigenvalue weighted by Gasteiger charge is 2.51. The number of rotatable bonds is 5. The Bertz CT molecular complexity index is 1250. The van der Waals surface area contributed by atoms with Crippen molar-refractivity contribution in [2.75, 3.05) is 0 Å². The fourth-order valence-corrected chi connectivity index (χ4v) is 6.04. The van der Waals surface area contributed by atoms with E-state index in [4.69, 9.17) is 0 Å². The second kappa shape index (κ2) is 15.7. The normalized spacial score (nSPS) is 19.0. The maximum absolute atomic E-state index is 4.42. The van der Waals surface area contributed by atoms with Gasteiger partial charge < -0.3 is 4.98 Å². The smallest absolute Gasteiger partial charge is 0.0468 e. The minimum Gasteiger partial charge on any atom is -0.362 e. The largest absolute Gasteiger partial charge is 0.362 e. The Morgan fingerprint density at radius 3 is 2.00 bits per heavy atom. The van der Waals surface area contributed by atoms with Crippen LogP contribution in [0.3, 0.4) is 0 Å². The maximum Gasteiger partial charge on any atom is 0.0468 e. The molecular weight excluding hydrogens is 472 g/mol. The molecule has 39 heavy (non-hydrogen) atoms. The van der Waals surface area contributed by atoms with Crippen molar-refractivity contribution in [2.24, 2.45) is 22.7 Å². The number of aryl methyl sites for hydroxylation is 3. The lowest BCUT2D eigenvalue weighted by atomic mass is 10.1. The van der Waals surface area contributed by atoms with Crippen LogP contribution in [-0.2, 0) is 6.42 Å². The van der Waals surface area contributed by atoms with Gasteiger partial charge >= 0.3 is 0 Å². The summed E-state index contributed by atoms with van der Waals surface area (Å²) in [6, 6.07) is 14.9. The Morgan fingerprint density at radius 2 is 1.49 bits per heavy atom. The maximum atomic E-state index is 4.42. The van der Waals surface area contributed by atoms with Crippen LogP contribution in [0.4, 0.5) is 0 Å². The summed E-state index contributed by atoms with van der Waals surface area (Å²) in [5.74, 6) is 3.31. The molecule has 3 aromatic rings. The van der Waals surface area contributed by atoms with Crippen molar-refractivity contribution >= 4 is 16.5 Å². The first-order valence-corrected chi connectivity index (χ1v) is 15.0. The average molecular weight is 527 g/mol. The lowest BCUT2D eigenvalue weighted by Crippen LogP contribution is -1.98. The van der Waals surface area contributed by atoms with Gasteiger partial charge in [0, 0.05) is 28.4 Å². The van der Waals surface area contributed by atoms with Gasteiger partial charge in [-0.3, -0.25) is 4.99 Å². The van der Waals surface area contributed by atoms with E-state index in [1.165, 1.54) is 76.5 Å². The monoisotopic (exact) mass is 526 g/mol. The fraction of sp³-hybridized carbons (Fsp3) is 0.486. The van der Waals surface area contributed by atoms with E-state index in [0.717, 1.165) is 35.6 Å². The van der Waals surface area contributed by atoms with E-state index < -0.39 is 0 Å². The molecule has 0 amide bonds. The minimum absolute atomic E-state index is 0.852. The quantitative estimate of drug-likeness (QED) is 0.253. The van der Waals surface area contributed by atoms with Gasteiger partial charge in [-0.25, -0.2) is 0 Å². The van der Waals surface area contributed by atoms with Gasteiger partial charge in [0.05, 0.1) is 0 Å². The van der Waals surface area contributed by atoms with E-state index in [0.29, 0.717) is 0 Å². The number of hydrogen-bond donors (Lipinski definition) is 1. The number of aromatic amines is 1. The van der Waals surface area contributed by atoms with Crippen molar-refractivity contribution in [1.82, 2.24) is 4.98 Å². The number of nitrogens with zero attached hydrogens (tertiary/aromatic N) is 1. The third kappa shape index (κ3) is 9.67. The van der Waals surface area contributed by atoms with Crippen LogP contribution in [-0.4, -0.2) is 10.7 Å². The highest BCUT2D eigenvalue weighted by Crippen LogP contribution is 2.59. The van der Waals surface area contributed by atoms with Crippen LogP contribution in [0.5, 0.6) is 0 Å². The molecule has 0 bridgehead atoms. The highest BCUT2D eigenvalue weighted by atomic mass is 14.8. The van der Waals surface area contributed by atoms with Gasteiger partial charge in [0.15, 0.2) is 0 Å². The first kappa shape index (κ1) is 32.3. The number of nitrogens with one attached hydrogen (secondary N) is 1. The first-order chi connectivity index (χ1) is 18.5. The first-order valence-electron chi connectivity index (χ1n) is 15.0. The average Bonchev–Trinajstić information content (AvgIpc) is 3.18. The van der Waals surface area contributed by atoms with Crippen LogP contribution in [0.25, 0.3) is 10.8 Å². The van der Waals surface area contributed by atoms with E-state index >= 15 is 0 Å². The summed E-state index contributed by atoms with van der Waals surface area (Å²) in [6.07, 6.45) is 8.13. The van der Waals surface area contributed by atoms with E-state index in [9.17, 15) is 0 Å². The predicted octanol–water partition coefficient (Wildman–Crippen LogP) is 11.1. The van der Waals surface area contributed by atoms with Crippen molar-refractivity contribution in [1.29, 1.82) is 0 Å². The summed E-state index contributed by atoms with van der Waals surface area (Å²) in [5, 5.41) is 2.64. The molecule has 2 heteroatoms. The van der Waals surface area contributed by atoms with Crippen LogP contribution in [0.2, 0.25) is 0 Å². The summed E-state index contributed by atoms with van der Waals surface area (Å²) in [6.45, 7) is 26.7. The molecule has 2 aromatic carbocycles. The summed E-state index contributed by atoms with van der Waals surface area (Å²) in [5.41, 5.74) is 9.68. The molecule has 2 aliphatic carbocycles. The molecule has 2 unspecified atom stereocenters. The standard InChI is InChI=1S/C13H20N2.C11H10.C10H16.C3H8/c1-7-12-9(4)13(11(6)15-12)10(5)14-8(2)3;1-9-6-7-10-4-2-3-5-11(10)8-9;1-7(2)6-10-8-4-3-5-9(8)10;1-3-2/h15H,2,7H2,1,3-6H3;2-8H,1H3;8-10H,1,3-6H2,2H3;3H2,1-2H3. The van der Waals surface area contributed by atoms with Crippen molar-refractivity contribution in [2.45, 2.75) is 101 Å². The zero-order chi connectivity index (χ0) is 29.1. The zero-order valence-corrected chi connectivity index (χ0v) is 26.4. The van der Waals surface area contributed by atoms with Gasteiger partial charge in [0.2, 0.25) is 0 Å². The lowest BCUT2D eigenvalue weighted by molar-refractivity contribution is 0.585. The SMILES string of the molecule is C=C(C)CC1C2CCCC21.C=C(C)N=C(C)c1c(C)[nH]c(CC)c1C.CCC.Cc1ccc2ccccc2c1. The van der Waals surface area contributed by atoms with Crippen LogP contribution >= 0.6 is 0 Å². The molecule has 2 saturated carbocycles. The third-order valence-corrected chi connectivity index (χ3v) is 7.69. The Balaban J connectivity index is 0.000000198. The van der Waals surface area contributed by atoms with Crippen LogP contribution in [0.15, 0.2) is 71.9 Å². The fourth-order valence-electron chi connectivity index (χ4n) is 6.04. The van der Waals surface area contributed by atoms with E-state index in [-0.39, 0.29) is 0 Å². The van der Waals surface area contributed by atoms with Gasteiger partial charge in [0.1, 0.15) is 0 Å². The van der Waals surface area contributed by atoms with E-state index in [1.807, 2.05) is 13.8 Å². The molecule has 0 aliphatic heterocycles. The van der Waals surface area contributed by atoms with Gasteiger partial charge in [-0.15, -0.1) is 6.58 Å². The van der Waals surface area contributed by atoms with Crippen LogP contribution in [0, 0.1) is 38.5 Å². The van der Waals surface area contributed by atoms with Gasteiger partial charge in [-0.1, -0.05) is 93.8 Å². The van der Waals surface area contributed by atoms with Gasteiger partial charge in [0.25, 0.3) is 0 Å². The third-order valence-electron chi connectivity index (χ3n) is 7.69. The molecule has 212 valence electrons. The highest BCUT2D eigenvalue weighted by molar-refractivity contribution is 6.01. The number of fused-ring (bicyclic) bond motifs is 2. The lowest BCUT2D eigenvalue weighted by Gasteiger charge is -2.02. The number of H-pyrrole nitrogens is 1. The van der Waals surface area contributed by atoms with Crippen LogP contribution < -0.4 is 0 Å². The molecule has 2 fully saturated rings.